The van der Waals surface area contributed by atoms with E-state index in [4.69, 9.17) is 69.6 Å². The molecule has 2 aromatic carbocycles. The molecule has 9 heteroatoms. The number of alkyl halides is 3. The van der Waals surface area contributed by atoms with E-state index in [0.29, 0.717) is 21.3 Å². The molecule has 0 saturated carbocycles. The van der Waals surface area contributed by atoms with Crippen LogP contribution in [-0.2, 0) is 0 Å². The fourth-order valence-corrected chi connectivity index (χ4v) is 2.59. The molecule has 0 heterocycles. The van der Waals surface area contributed by atoms with Gasteiger partial charge in [0.05, 0.1) is 15.7 Å². The van der Waals surface area contributed by atoms with Gasteiger partial charge in [-0.25, -0.2) is 0 Å². The molecule has 3 nitrogen and oxygen atoms in total. The molecule has 0 aliphatic carbocycles. The summed E-state index contributed by atoms with van der Waals surface area (Å²) in [7, 11) is 0. The first-order valence-electron chi connectivity index (χ1n) is 6.52. The van der Waals surface area contributed by atoms with Gasteiger partial charge in [-0.2, -0.15) is 0 Å². The Hall–Kier alpha value is -0.550. The summed E-state index contributed by atoms with van der Waals surface area (Å²) < 4.78 is -1.84. The van der Waals surface area contributed by atoms with Crippen molar-refractivity contribution < 1.29 is 4.79 Å². The SMILES string of the molecule is O=C(NC(Nc1cccc(Cl)c1Cl)C(Cl)(Cl)Cl)c1ccc(Cl)cc1. The van der Waals surface area contributed by atoms with Gasteiger partial charge in [-0.1, -0.05) is 75.7 Å². The minimum Gasteiger partial charge on any atom is -0.361 e. The molecule has 0 spiro atoms. The Balaban J connectivity index is 2.21. The highest BCUT2D eigenvalue weighted by molar-refractivity contribution is 6.68. The third kappa shape index (κ3) is 5.22. The number of anilines is 1. The van der Waals surface area contributed by atoms with E-state index in [0.717, 1.165) is 0 Å². The van der Waals surface area contributed by atoms with Crippen molar-refractivity contribution in [3.63, 3.8) is 0 Å². The number of nitrogens with one attached hydrogen (secondary N) is 2. The first kappa shape index (κ1) is 19.8. The molecule has 24 heavy (non-hydrogen) atoms. The van der Waals surface area contributed by atoms with Crippen LogP contribution in [0.1, 0.15) is 10.4 Å². The van der Waals surface area contributed by atoms with Gasteiger partial charge in [-0.3, -0.25) is 4.79 Å². The third-order valence-electron chi connectivity index (χ3n) is 2.96. The standard InChI is InChI=1S/C15H10Cl6N2O/c16-9-6-4-8(5-7-9)13(24)23-14(15(19,20)21)22-11-3-1-2-10(17)12(11)18/h1-7,14,22H,(H,23,24). The van der Waals surface area contributed by atoms with Crippen molar-refractivity contribution in [2.24, 2.45) is 0 Å². The summed E-state index contributed by atoms with van der Waals surface area (Å²) in [6.45, 7) is 0. The summed E-state index contributed by atoms with van der Waals surface area (Å²) in [6.07, 6.45) is -1.05. The van der Waals surface area contributed by atoms with Crippen molar-refractivity contribution >= 4 is 81.2 Å². The van der Waals surface area contributed by atoms with Gasteiger partial charge in [0.2, 0.25) is 3.79 Å². The predicted octanol–water partition coefficient (Wildman–Crippen LogP) is 6.19. The van der Waals surface area contributed by atoms with Crippen LogP contribution in [0.25, 0.3) is 0 Å². The number of hydrogen-bond donors (Lipinski definition) is 2. The fraction of sp³-hybridized carbons (Fsp3) is 0.133. The molecule has 2 N–H and O–H groups in total. The molecule has 0 saturated heterocycles. The van der Waals surface area contributed by atoms with Crippen LogP contribution in [0, 0.1) is 0 Å². The number of amides is 1. The maximum absolute atomic E-state index is 12.3. The van der Waals surface area contributed by atoms with E-state index in [2.05, 4.69) is 10.6 Å². The minimum absolute atomic E-state index is 0.249. The van der Waals surface area contributed by atoms with Crippen LogP contribution in [0.4, 0.5) is 5.69 Å². The molecule has 1 amide bonds. The second-order valence-corrected chi connectivity index (χ2v) is 8.29. The molecular formula is C15H10Cl6N2O. The van der Waals surface area contributed by atoms with Crippen LogP contribution in [0.2, 0.25) is 15.1 Å². The maximum atomic E-state index is 12.3. The lowest BCUT2D eigenvalue weighted by molar-refractivity contribution is 0.0942. The van der Waals surface area contributed by atoms with E-state index in [1.165, 1.54) is 0 Å². The zero-order chi connectivity index (χ0) is 17.9. The Labute approximate surface area is 169 Å². The lowest BCUT2D eigenvalue weighted by Gasteiger charge is -2.28. The van der Waals surface area contributed by atoms with Crippen LogP contribution in [0.3, 0.4) is 0 Å². The zero-order valence-corrected chi connectivity index (χ0v) is 16.3. The largest absolute Gasteiger partial charge is 0.361 e. The lowest BCUT2D eigenvalue weighted by Crippen LogP contribution is -2.49. The highest BCUT2D eigenvalue weighted by atomic mass is 35.6. The number of carbonyl (C=O) groups is 1. The number of benzene rings is 2. The number of halogens is 6. The second-order valence-electron chi connectivity index (χ2n) is 4.70. The summed E-state index contributed by atoms with van der Waals surface area (Å²) in [4.78, 5) is 12.3. The van der Waals surface area contributed by atoms with Crippen molar-refractivity contribution in [1.29, 1.82) is 0 Å². The van der Waals surface area contributed by atoms with Gasteiger partial charge < -0.3 is 10.6 Å². The van der Waals surface area contributed by atoms with Gasteiger partial charge in [-0.15, -0.1) is 0 Å². The molecular weight excluding hydrogens is 437 g/mol. The van der Waals surface area contributed by atoms with Crippen molar-refractivity contribution in [2.45, 2.75) is 9.96 Å². The fourth-order valence-electron chi connectivity index (χ4n) is 1.79. The van der Waals surface area contributed by atoms with Crippen LogP contribution in [0.5, 0.6) is 0 Å². The highest BCUT2D eigenvalue weighted by Gasteiger charge is 2.34. The molecule has 0 radical (unpaired) electrons. The lowest BCUT2D eigenvalue weighted by atomic mass is 10.2. The maximum Gasteiger partial charge on any atom is 0.252 e. The van der Waals surface area contributed by atoms with Crippen LogP contribution < -0.4 is 10.6 Å². The average Bonchev–Trinajstić information content (AvgIpc) is 2.50. The first-order valence-corrected chi connectivity index (χ1v) is 8.79. The van der Waals surface area contributed by atoms with E-state index >= 15 is 0 Å². The predicted molar refractivity (Wildman–Crippen MR) is 103 cm³/mol. The van der Waals surface area contributed by atoms with Crippen molar-refractivity contribution in [1.82, 2.24) is 5.32 Å². The summed E-state index contributed by atoms with van der Waals surface area (Å²) in [5.74, 6) is -0.450. The quantitative estimate of drug-likeness (QED) is 0.434. The molecule has 0 aliphatic heterocycles. The number of rotatable bonds is 4. The average molecular weight is 447 g/mol. The Morgan fingerprint density at radius 2 is 1.58 bits per heavy atom. The Morgan fingerprint density at radius 1 is 0.958 bits per heavy atom. The van der Waals surface area contributed by atoms with Crippen molar-refractivity contribution in [3.05, 3.63) is 63.1 Å². The summed E-state index contributed by atoms with van der Waals surface area (Å²) in [6, 6.07) is 11.2. The number of hydrogen-bond acceptors (Lipinski definition) is 2. The molecule has 2 rings (SSSR count). The zero-order valence-electron chi connectivity index (χ0n) is 11.8. The summed E-state index contributed by atoms with van der Waals surface area (Å²) >= 11 is 35.7. The van der Waals surface area contributed by atoms with Gasteiger partial charge in [0, 0.05) is 10.6 Å². The molecule has 0 aromatic heterocycles. The van der Waals surface area contributed by atoms with Crippen LogP contribution in [0.15, 0.2) is 42.5 Å². The Kier molecular flexibility index (Phi) is 6.77. The van der Waals surface area contributed by atoms with E-state index < -0.39 is 15.9 Å². The smallest absolute Gasteiger partial charge is 0.252 e. The van der Waals surface area contributed by atoms with Gasteiger partial charge >= 0.3 is 0 Å². The molecule has 128 valence electrons. The summed E-state index contributed by atoms with van der Waals surface area (Å²) in [5.41, 5.74) is 0.773. The normalized spacial score (nSPS) is 12.6. The summed E-state index contributed by atoms with van der Waals surface area (Å²) in [5, 5.41) is 6.55. The number of carbonyl (C=O) groups excluding carboxylic acids is 1. The molecule has 0 aliphatic rings. The van der Waals surface area contributed by atoms with E-state index in [1.807, 2.05) is 0 Å². The third-order valence-corrected chi connectivity index (χ3v) is 4.69. The Morgan fingerprint density at radius 3 is 2.17 bits per heavy atom. The molecule has 2 aromatic rings. The van der Waals surface area contributed by atoms with Crippen molar-refractivity contribution in [3.8, 4) is 0 Å². The first-order chi connectivity index (χ1) is 11.2. The van der Waals surface area contributed by atoms with Gasteiger partial charge in [0.1, 0.15) is 6.17 Å². The highest BCUT2D eigenvalue weighted by Crippen LogP contribution is 2.35. The van der Waals surface area contributed by atoms with E-state index in [1.54, 1.807) is 42.5 Å². The van der Waals surface area contributed by atoms with Gasteiger partial charge in [0.25, 0.3) is 5.91 Å². The van der Waals surface area contributed by atoms with Crippen molar-refractivity contribution in [2.75, 3.05) is 5.32 Å². The molecule has 0 bridgehead atoms. The molecule has 0 fully saturated rings. The van der Waals surface area contributed by atoms with E-state index in [-0.39, 0.29) is 5.02 Å². The van der Waals surface area contributed by atoms with Crippen LogP contribution in [-0.4, -0.2) is 15.9 Å². The molecule has 1 unspecified atom stereocenters. The topological polar surface area (TPSA) is 41.1 Å². The van der Waals surface area contributed by atoms with E-state index in [9.17, 15) is 4.79 Å². The van der Waals surface area contributed by atoms with Gasteiger partial charge in [0.15, 0.2) is 0 Å². The Bertz CT molecular complexity index is 730. The molecule has 1 atom stereocenters. The van der Waals surface area contributed by atoms with Gasteiger partial charge in [-0.05, 0) is 36.4 Å². The minimum atomic E-state index is -1.84. The second kappa shape index (κ2) is 8.22. The van der Waals surface area contributed by atoms with Crippen LogP contribution >= 0.6 is 69.6 Å². The monoisotopic (exact) mass is 444 g/mol.